The van der Waals surface area contributed by atoms with E-state index >= 15 is 0 Å². The second kappa shape index (κ2) is 5.79. The van der Waals surface area contributed by atoms with E-state index in [4.69, 9.17) is 4.74 Å². The number of hydrogen-bond donors (Lipinski definition) is 0. The summed E-state index contributed by atoms with van der Waals surface area (Å²) in [5.41, 5.74) is 3.62. The Morgan fingerprint density at radius 2 is 1.79 bits per heavy atom. The number of ether oxygens (including phenoxy) is 1. The molecule has 0 saturated carbocycles. The highest BCUT2D eigenvalue weighted by atomic mass is 16.5. The molecule has 1 aliphatic heterocycles. The Labute approximate surface area is 115 Å². The highest BCUT2D eigenvalue weighted by molar-refractivity contribution is 5.58. The lowest BCUT2D eigenvalue weighted by Gasteiger charge is -2.17. The maximum Gasteiger partial charge on any atom is 0.114 e. The van der Waals surface area contributed by atoms with Gasteiger partial charge in [0.05, 0.1) is 5.76 Å². The van der Waals surface area contributed by atoms with Gasteiger partial charge in [0.15, 0.2) is 0 Å². The molecule has 2 rings (SSSR count). The van der Waals surface area contributed by atoms with Gasteiger partial charge in [-0.25, -0.2) is 0 Å². The van der Waals surface area contributed by atoms with Gasteiger partial charge >= 0.3 is 0 Å². The Balaban J connectivity index is 2.10. The molecule has 2 heteroatoms. The van der Waals surface area contributed by atoms with E-state index in [9.17, 15) is 0 Å². The van der Waals surface area contributed by atoms with Gasteiger partial charge in [0.2, 0.25) is 0 Å². The second-order valence-electron chi connectivity index (χ2n) is 5.06. The van der Waals surface area contributed by atoms with E-state index < -0.39 is 0 Å². The standard InChI is InChI=1S/C17H21NO/c1-13-11-16(12-14(2)19-13)6-5-15-7-9-17(10-8-15)18(3)4/h5-13H,1-4H3/b6-5+/t13-/m0/s1. The molecule has 1 aliphatic rings. The highest BCUT2D eigenvalue weighted by Crippen LogP contribution is 2.18. The van der Waals surface area contributed by atoms with Crippen molar-refractivity contribution in [3.05, 3.63) is 59.4 Å². The molecule has 1 aromatic carbocycles. The minimum atomic E-state index is 0.153. The zero-order valence-corrected chi connectivity index (χ0v) is 12.1. The molecule has 0 amide bonds. The van der Waals surface area contributed by atoms with Gasteiger partial charge in [-0.1, -0.05) is 24.3 Å². The molecule has 1 atom stereocenters. The van der Waals surface area contributed by atoms with Crippen molar-refractivity contribution in [2.45, 2.75) is 20.0 Å². The minimum Gasteiger partial charge on any atom is -0.491 e. The first-order chi connectivity index (χ1) is 9.04. The van der Waals surface area contributed by atoms with E-state index in [1.165, 1.54) is 16.8 Å². The van der Waals surface area contributed by atoms with Crippen LogP contribution in [0.3, 0.4) is 0 Å². The van der Waals surface area contributed by atoms with Crippen molar-refractivity contribution < 1.29 is 4.74 Å². The molecular weight excluding hydrogens is 234 g/mol. The van der Waals surface area contributed by atoms with Crippen LogP contribution in [0, 0.1) is 0 Å². The summed E-state index contributed by atoms with van der Waals surface area (Å²) in [6, 6.07) is 8.51. The predicted octanol–water partition coefficient (Wildman–Crippen LogP) is 4.01. The van der Waals surface area contributed by atoms with Crippen molar-refractivity contribution in [3.8, 4) is 0 Å². The lowest BCUT2D eigenvalue weighted by Crippen LogP contribution is -2.08. The zero-order chi connectivity index (χ0) is 13.8. The van der Waals surface area contributed by atoms with Crippen LogP contribution in [0.5, 0.6) is 0 Å². The van der Waals surface area contributed by atoms with Gasteiger partial charge in [-0.05, 0) is 49.3 Å². The van der Waals surface area contributed by atoms with Crippen LogP contribution < -0.4 is 4.90 Å². The average Bonchev–Trinajstić information content (AvgIpc) is 2.36. The number of allylic oxidation sites excluding steroid dienone is 4. The molecular formula is C17H21NO. The summed E-state index contributed by atoms with van der Waals surface area (Å²) in [6.07, 6.45) is 8.60. The van der Waals surface area contributed by atoms with Gasteiger partial charge in [-0.3, -0.25) is 0 Å². The fourth-order valence-corrected chi connectivity index (χ4v) is 2.09. The summed E-state index contributed by atoms with van der Waals surface area (Å²) in [4.78, 5) is 2.10. The highest BCUT2D eigenvalue weighted by Gasteiger charge is 2.06. The summed E-state index contributed by atoms with van der Waals surface area (Å²) >= 11 is 0. The normalized spacial score (nSPS) is 18.8. The minimum absolute atomic E-state index is 0.153. The Morgan fingerprint density at radius 3 is 2.37 bits per heavy atom. The molecule has 0 fully saturated rings. The van der Waals surface area contributed by atoms with Gasteiger partial charge in [0.25, 0.3) is 0 Å². The average molecular weight is 255 g/mol. The topological polar surface area (TPSA) is 12.5 Å². The maximum absolute atomic E-state index is 5.56. The largest absolute Gasteiger partial charge is 0.491 e. The van der Waals surface area contributed by atoms with Gasteiger partial charge in [-0.15, -0.1) is 0 Å². The SMILES string of the molecule is CC1=CC(/C=C/c2ccc(N(C)C)cc2)=C[C@H](C)O1. The Kier molecular flexibility index (Phi) is 4.10. The fraction of sp³-hybridized carbons (Fsp3) is 0.294. The molecule has 0 spiro atoms. The number of anilines is 1. The number of rotatable bonds is 3. The first-order valence-electron chi connectivity index (χ1n) is 6.57. The van der Waals surface area contributed by atoms with Crippen LogP contribution in [-0.2, 0) is 4.74 Å². The lowest BCUT2D eigenvalue weighted by atomic mass is 10.1. The van der Waals surface area contributed by atoms with Gasteiger partial charge in [-0.2, -0.15) is 0 Å². The fourth-order valence-electron chi connectivity index (χ4n) is 2.09. The first-order valence-corrected chi connectivity index (χ1v) is 6.57. The van der Waals surface area contributed by atoms with Crippen molar-refractivity contribution >= 4 is 11.8 Å². The van der Waals surface area contributed by atoms with Crippen LogP contribution in [0.4, 0.5) is 5.69 Å². The summed E-state index contributed by atoms with van der Waals surface area (Å²) in [7, 11) is 4.10. The third-order valence-electron chi connectivity index (χ3n) is 3.05. The molecule has 0 radical (unpaired) electrons. The Hall–Kier alpha value is -1.96. The summed E-state index contributed by atoms with van der Waals surface area (Å²) < 4.78 is 5.56. The van der Waals surface area contributed by atoms with Crippen LogP contribution in [0.1, 0.15) is 19.4 Å². The third kappa shape index (κ3) is 3.75. The molecule has 0 N–H and O–H groups in total. The van der Waals surface area contributed by atoms with E-state index in [2.05, 4.69) is 60.4 Å². The van der Waals surface area contributed by atoms with Gasteiger partial charge in [0, 0.05) is 19.8 Å². The van der Waals surface area contributed by atoms with Crippen LogP contribution in [0.15, 0.2) is 53.8 Å². The lowest BCUT2D eigenvalue weighted by molar-refractivity contribution is 0.167. The van der Waals surface area contributed by atoms with E-state index in [0.29, 0.717) is 0 Å². The molecule has 100 valence electrons. The summed E-state index contributed by atoms with van der Waals surface area (Å²) in [6.45, 7) is 4.04. The van der Waals surface area contributed by atoms with Gasteiger partial charge < -0.3 is 9.64 Å². The quantitative estimate of drug-likeness (QED) is 0.809. The Bertz CT molecular complexity index is 521. The molecule has 19 heavy (non-hydrogen) atoms. The van der Waals surface area contributed by atoms with E-state index in [1.54, 1.807) is 0 Å². The molecule has 0 unspecified atom stereocenters. The molecule has 0 aromatic heterocycles. The molecule has 0 bridgehead atoms. The van der Waals surface area contributed by atoms with Crippen LogP contribution >= 0.6 is 0 Å². The molecule has 1 aromatic rings. The monoisotopic (exact) mass is 255 g/mol. The van der Waals surface area contributed by atoms with Crippen molar-refractivity contribution in [2.24, 2.45) is 0 Å². The van der Waals surface area contributed by atoms with Gasteiger partial charge in [0.1, 0.15) is 6.10 Å². The van der Waals surface area contributed by atoms with Crippen molar-refractivity contribution in [2.75, 3.05) is 19.0 Å². The zero-order valence-electron chi connectivity index (χ0n) is 12.1. The molecule has 0 saturated heterocycles. The number of hydrogen-bond acceptors (Lipinski definition) is 2. The first kappa shape index (κ1) is 13.5. The maximum atomic E-state index is 5.56. The van der Waals surface area contributed by atoms with Crippen molar-refractivity contribution in [1.82, 2.24) is 0 Å². The van der Waals surface area contributed by atoms with Crippen molar-refractivity contribution in [3.63, 3.8) is 0 Å². The van der Waals surface area contributed by atoms with Crippen molar-refractivity contribution in [1.29, 1.82) is 0 Å². The summed E-state index contributed by atoms with van der Waals surface area (Å²) in [5.74, 6) is 0.970. The second-order valence-corrected chi connectivity index (χ2v) is 5.06. The molecule has 1 heterocycles. The van der Waals surface area contributed by atoms with Crippen LogP contribution in [0.2, 0.25) is 0 Å². The van der Waals surface area contributed by atoms with E-state index in [-0.39, 0.29) is 6.10 Å². The van der Waals surface area contributed by atoms with E-state index in [1.807, 2.05) is 21.0 Å². The Morgan fingerprint density at radius 1 is 1.11 bits per heavy atom. The van der Waals surface area contributed by atoms with Crippen LogP contribution in [0.25, 0.3) is 6.08 Å². The van der Waals surface area contributed by atoms with E-state index in [0.717, 1.165) is 5.76 Å². The van der Waals surface area contributed by atoms with Crippen LogP contribution in [-0.4, -0.2) is 20.2 Å². The number of nitrogens with zero attached hydrogens (tertiary/aromatic N) is 1. The summed E-state index contributed by atoms with van der Waals surface area (Å²) in [5, 5.41) is 0. The smallest absolute Gasteiger partial charge is 0.114 e. The molecule has 2 nitrogen and oxygen atoms in total. The third-order valence-corrected chi connectivity index (χ3v) is 3.05. The number of benzene rings is 1. The predicted molar refractivity (Wildman–Crippen MR) is 82.2 cm³/mol. The molecule has 0 aliphatic carbocycles.